The van der Waals surface area contributed by atoms with Crippen LogP contribution in [0.5, 0.6) is 0 Å². The zero-order valence-corrected chi connectivity index (χ0v) is 18.6. The smallest absolute Gasteiger partial charge is 0.342 e. The van der Waals surface area contributed by atoms with Crippen molar-refractivity contribution in [3.63, 3.8) is 0 Å². The summed E-state index contributed by atoms with van der Waals surface area (Å²) in [5, 5.41) is 0.687. The Morgan fingerprint density at radius 1 is 1.09 bits per heavy atom. The van der Waals surface area contributed by atoms with Crippen molar-refractivity contribution in [1.29, 1.82) is 0 Å². The van der Waals surface area contributed by atoms with Gasteiger partial charge in [-0.2, -0.15) is 13.2 Å². The van der Waals surface area contributed by atoms with Crippen LogP contribution in [0.25, 0.3) is 0 Å². The van der Waals surface area contributed by atoms with Gasteiger partial charge < -0.3 is 9.69 Å². The van der Waals surface area contributed by atoms with E-state index in [2.05, 4.69) is 0 Å². The molecule has 0 saturated carbocycles. The van der Waals surface area contributed by atoms with E-state index in [-0.39, 0.29) is 35.0 Å². The van der Waals surface area contributed by atoms with Gasteiger partial charge in [0.2, 0.25) is 5.91 Å². The van der Waals surface area contributed by atoms with Crippen LogP contribution in [0.3, 0.4) is 0 Å². The van der Waals surface area contributed by atoms with Crippen LogP contribution in [0, 0.1) is 0 Å². The van der Waals surface area contributed by atoms with Gasteiger partial charge in [-0.05, 0) is 60.9 Å². The third kappa shape index (κ3) is 4.29. The maximum Gasteiger partial charge on any atom is 0.416 e. The molecule has 2 aliphatic rings. The summed E-state index contributed by atoms with van der Waals surface area (Å²) >= 11 is 6.59. The van der Waals surface area contributed by atoms with E-state index >= 15 is 0 Å². The molecule has 1 amide bonds. The van der Waals surface area contributed by atoms with Crippen LogP contribution >= 0.6 is 11.6 Å². The molecule has 170 valence electrons. The number of hydrogen-bond acceptors (Lipinski definition) is 2. The highest BCUT2D eigenvalue weighted by Crippen LogP contribution is 2.55. The van der Waals surface area contributed by atoms with Crippen molar-refractivity contribution < 1.29 is 22.8 Å². The molecule has 4 rings (SSSR count). The second kappa shape index (κ2) is 8.54. The molecule has 7 heteroatoms. The standard InChI is InChI=1S/C25H25ClF3NO2/c1-16(31)13-18-15-24(23-19(18)6-4-8-21(23)26)9-11-30(12-10-24)22(32)14-17-5-2-3-7-20(17)25(27,28)29/h2-8,18H,9-15H2,1H3. The van der Waals surface area contributed by atoms with E-state index in [4.69, 9.17) is 11.6 Å². The average Bonchev–Trinajstić information content (AvgIpc) is 3.01. The van der Waals surface area contributed by atoms with E-state index in [0.717, 1.165) is 23.6 Å². The summed E-state index contributed by atoms with van der Waals surface area (Å²) in [4.78, 5) is 26.3. The fraction of sp³-hybridized carbons (Fsp3) is 0.440. The Labute approximate surface area is 190 Å². The van der Waals surface area contributed by atoms with Crippen LogP contribution in [-0.4, -0.2) is 29.7 Å². The van der Waals surface area contributed by atoms with Gasteiger partial charge in [-0.1, -0.05) is 41.9 Å². The summed E-state index contributed by atoms with van der Waals surface area (Å²) in [5.41, 5.74) is 1.24. The van der Waals surface area contributed by atoms with Crippen molar-refractivity contribution in [3.05, 3.63) is 69.7 Å². The molecule has 1 heterocycles. The minimum absolute atomic E-state index is 0.000986. The topological polar surface area (TPSA) is 37.4 Å². The molecular weight excluding hydrogens is 439 g/mol. The SMILES string of the molecule is CC(=O)CC1CC2(CCN(C(=O)Cc3ccccc3C(F)(F)F)CC2)c2c(Cl)cccc21. The molecular formula is C25H25ClF3NO2. The first-order valence-electron chi connectivity index (χ1n) is 10.8. The van der Waals surface area contributed by atoms with Gasteiger partial charge in [0.15, 0.2) is 0 Å². The number of likely N-dealkylation sites (tertiary alicyclic amines) is 1. The molecule has 32 heavy (non-hydrogen) atoms. The number of rotatable bonds is 4. The van der Waals surface area contributed by atoms with Gasteiger partial charge in [-0.25, -0.2) is 0 Å². The molecule has 0 aromatic heterocycles. The first kappa shape index (κ1) is 22.8. The normalized spacial score (nSPS) is 19.8. The fourth-order valence-electron chi connectivity index (χ4n) is 5.52. The Bertz CT molecular complexity index is 1040. The van der Waals surface area contributed by atoms with Crippen molar-refractivity contribution in [2.45, 2.75) is 56.5 Å². The maximum absolute atomic E-state index is 13.3. The van der Waals surface area contributed by atoms with Crippen LogP contribution in [0.15, 0.2) is 42.5 Å². The number of carbonyl (C=O) groups is 2. The Morgan fingerprint density at radius 3 is 2.44 bits per heavy atom. The van der Waals surface area contributed by atoms with Gasteiger partial charge in [0.25, 0.3) is 0 Å². The minimum Gasteiger partial charge on any atom is -0.342 e. The predicted octanol–water partition coefficient (Wildman–Crippen LogP) is 5.93. The number of amides is 1. The van der Waals surface area contributed by atoms with E-state index in [0.29, 0.717) is 37.4 Å². The van der Waals surface area contributed by atoms with Crippen molar-refractivity contribution in [1.82, 2.24) is 4.90 Å². The monoisotopic (exact) mass is 463 g/mol. The van der Waals surface area contributed by atoms with Crippen molar-refractivity contribution in [3.8, 4) is 0 Å². The largest absolute Gasteiger partial charge is 0.416 e. The molecule has 0 bridgehead atoms. The van der Waals surface area contributed by atoms with Crippen LogP contribution in [0.2, 0.25) is 5.02 Å². The second-order valence-electron chi connectivity index (χ2n) is 9.00. The molecule has 1 spiro atoms. The van der Waals surface area contributed by atoms with E-state index in [1.54, 1.807) is 11.8 Å². The third-order valence-electron chi connectivity index (χ3n) is 6.92. The molecule has 1 fully saturated rings. The highest BCUT2D eigenvalue weighted by molar-refractivity contribution is 6.31. The number of piperidine rings is 1. The summed E-state index contributed by atoms with van der Waals surface area (Å²) in [7, 11) is 0. The lowest BCUT2D eigenvalue weighted by Crippen LogP contribution is -2.45. The first-order valence-corrected chi connectivity index (χ1v) is 11.2. The zero-order valence-electron chi connectivity index (χ0n) is 17.8. The Morgan fingerprint density at radius 2 is 1.78 bits per heavy atom. The van der Waals surface area contributed by atoms with Crippen LogP contribution in [-0.2, 0) is 27.6 Å². The molecule has 1 saturated heterocycles. The first-order chi connectivity index (χ1) is 15.1. The summed E-state index contributed by atoms with van der Waals surface area (Å²) in [6.45, 7) is 2.52. The lowest BCUT2D eigenvalue weighted by Gasteiger charge is -2.41. The molecule has 1 unspecified atom stereocenters. The highest BCUT2D eigenvalue weighted by Gasteiger charge is 2.47. The lowest BCUT2D eigenvalue weighted by atomic mass is 9.73. The Balaban J connectivity index is 1.50. The summed E-state index contributed by atoms with van der Waals surface area (Å²) in [6, 6.07) is 11.0. The number of halogens is 4. The molecule has 1 atom stereocenters. The third-order valence-corrected chi connectivity index (χ3v) is 7.24. The maximum atomic E-state index is 13.3. The van der Waals surface area contributed by atoms with Gasteiger partial charge in [-0.3, -0.25) is 4.79 Å². The lowest BCUT2D eigenvalue weighted by molar-refractivity contribution is -0.139. The quantitative estimate of drug-likeness (QED) is 0.563. The van der Waals surface area contributed by atoms with E-state index in [9.17, 15) is 22.8 Å². The highest BCUT2D eigenvalue weighted by atomic mass is 35.5. The number of ketones is 1. The van der Waals surface area contributed by atoms with E-state index < -0.39 is 11.7 Å². The zero-order chi connectivity index (χ0) is 23.1. The number of hydrogen-bond donors (Lipinski definition) is 0. The molecule has 2 aromatic carbocycles. The van der Waals surface area contributed by atoms with E-state index in [1.807, 2.05) is 18.2 Å². The predicted molar refractivity (Wildman–Crippen MR) is 117 cm³/mol. The van der Waals surface area contributed by atoms with Crippen LogP contribution in [0.4, 0.5) is 13.2 Å². The number of carbonyl (C=O) groups excluding carboxylic acids is 2. The van der Waals surface area contributed by atoms with Crippen molar-refractivity contribution in [2.24, 2.45) is 0 Å². The number of Topliss-reactive ketones (excluding diaryl/α,β-unsaturated/α-hetero) is 1. The molecule has 0 radical (unpaired) electrons. The van der Waals surface area contributed by atoms with Crippen LogP contribution in [0.1, 0.15) is 60.8 Å². The number of benzene rings is 2. The molecule has 3 nitrogen and oxygen atoms in total. The van der Waals surface area contributed by atoms with E-state index in [1.165, 1.54) is 18.2 Å². The number of nitrogens with zero attached hydrogens (tertiary/aromatic N) is 1. The molecule has 1 aliphatic heterocycles. The van der Waals surface area contributed by atoms with Gasteiger partial charge in [0, 0.05) is 29.9 Å². The van der Waals surface area contributed by atoms with Gasteiger partial charge >= 0.3 is 6.18 Å². The summed E-state index contributed by atoms with van der Waals surface area (Å²) < 4.78 is 39.9. The van der Waals surface area contributed by atoms with Crippen molar-refractivity contribution >= 4 is 23.3 Å². The summed E-state index contributed by atoms with van der Waals surface area (Å²) in [6.07, 6.45) is -2.11. The number of alkyl halides is 3. The van der Waals surface area contributed by atoms with Gasteiger partial charge in [0.05, 0.1) is 12.0 Å². The second-order valence-corrected chi connectivity index (χ2v) is 9.41. The summed E-state index contributed by atoms with van der Waals surface area (Å²) in [5.74, 6) is -0.0507. The van der Waals surface area contributed by atoms with Crippen molar-refractivity contribution in [2.75, 3.05) is 13.1 Å². The number of fused-ring (bicyclic) bond motifs is 2. The Hall–Kier alpha value is -2.34. The Kier molecular flexibility index (Phi) is 6.10. The fourth-order valence-corrected chi connectivity index (χ4v) is 5.90. The molecule has 1 aliphatic carbocycles. The molecule has 2 aromatic rings. The molecule has 0 N–H and O–H groups in total. The van der Waals surface area contributed by atoms with Gasteiger partial charge in [0.1, 0.15) is 5.78 Å². The minimum atomic E-state index is -4.49. The van der Waals surface area contributed by atoms with Crippen LogP contribution < -0.4 is 0 Å². The van der Waals surface area contributed by atoms with Gasteiger partial charge in [-0.15, -0.1) is 0 Å². The average molecular weight is 464 g/mol.